The average Bonchev–Trinajstić information content (AvgIpc) is 2.30. The van der Waals surface area contributed by atoms with E-state index in [1.165, 1.54) is 6.07 Å². The van der Waals surface area contributed by atoms with E-state index < -0.39 is 0 Å². The van der Waals surface area contributed by atoms with E-state index in [1.807, 2.05) is 13.0 Å². The minimum atomic E-state index is -0.198. The van der Waals surface area contributed by atoms with Crippen molar-refractivity contribution in [3.05, 3.63) is 35.6 Å². The number of nitrogens with zero attached hydrogens (tertiary/aromatic N) is 1. The molecule has 0 aromatic heterocycles. The minimum Gasteiger partial charge on any atom is -0.326 e. The second-order valence-corrected chi connectivity index (χ2v) is 4.99. The molecule has 1 rings (SSSR count). The quantitative estimate of drug-likeness (QED) is 0.841. The molecule has 0 aliphatic carbocycles. The fourth-order valence-electron chi connectivity index (χ4n) is 2.69. The Morgan fingerprint density at radius 2 is 1.89 bits per heavy atom. The Morgan fingerprint density at radius 1 is 1.28 bits per heavy atom. The Labute approximate surface area is 110 Å². The van der Waals surface area contributed by atoms with Gasteiger partial charge in [-0.15, -0.1) is 0 Å². The van der Waals surface area contributed by atoms with Crippen LogP contribution < -0.4 is 5.73 Å². The summed E-state index contributed by atoms with van der Waals surface area (Å²) in [5.41, 5.74) is 7.06. The molecule has 0 spiro atoms. The first-order valence-electron chi connectivity index (χ1n) is 6.74. The van der Waals surface area contributed by atoms with Gasteiger partial charge in [-0.05, 0) is 44.5 Å². The highest BCUT2D eigenvalue weighted by molar-refractivity contribution is 5.21. The van der Waals surface area contributed by atoms with E-state index in [9.17, 15) is 4.39 Å². The standard InChI is InChI=1S/C15H25FN2/c1-5-14(6-2)18(4)15(11(3)17)12-8-7-9-13(16)10-12/h7-11,14-15H,5-6,17H2,1-4H3. The highest BCUT2D eigenvalue weighted by Crippen LogP contribution is 2.26. The van der Waals surface area contributed by atoms with Crippen LogP contribution in [0.25, 0.3) is 0 Å². The van der Waals surface area contributed by atoms with Gasteiger partial charge in [0.1, 0.15) is 5.82 Å². The fraction of sp³-hybridized carbons (Fsp3) is 0.600. The van der Waals surface area contributed by atoms with E-state index in [-0.39, 0.29) is 17.9 Å². The molecule has 2 unspecified atom stereocenters. The summed E-state index contributed by atoms with van der Waals surface area (Å²) in [7, 11) is 2.08. The van der Waals surface area contributed by atoms with Crippen molar-refractivity contribution in [1.82, 2.24) is 4.90 Å². The lowest BCUT2D eigenvalue weighted by molar-refractivity contribution is 0.146. The smallest absolute Gasteiger partial charge is 0.123 e. The molecule has 0 radical (unpaired) electrons. The number of hydrogen-bond acceptors (Lipinski definition) is 2. The molecule has 0 saturated carbocycles. The van der Waals surface area contributed by atoms with Crippen molar-refractivity contribution in [3.63, 3.8) is 0 Å². The normalized spacial score (nSPS) is 15.1. The van der Waals surface area contributed by atoms with Crippen molar-refractivity contribution >= 4 is 0 Å². The van der Waals surface area contributed by atoms with Crippen LogP contribution in [0.5, 0.6) is 0 Å². The Morgan fingerprint density at radius 3 is 2.33 bits per heavy atom. The first kappa shape index (κ1) is 15.1. The summed E-state index contributed by atoms with van der Waals surface area (Å²) in [5.74, 6) is -0.198. The maximum atomic E-state index is 13.4. The zero-order chi connectivity index (χ0) is 13.7. The van der Waals surface area contributed by atoms with Crippen LogP contribution in [0.4, 0.5) is 4.39 Å². The topological polar surface area (TPSA) is 29.3 Å². The lowest BCUT2D eigenvalue weighted by Crippen LogP contribution is -2.42. The minimum absolute atomic E-state index is 0.0302. The number of benzene rings is 1. The molecule has 0 aliphatic rings. The Hall–Kier alpha value is -0.930. The van der Waals surface area contributed by atoms with Crippen molar-refractivity contribution in [1.29, 1.82) is 0 Å². The molecule has 0 heterocycles. The van der Waals surface area contributed by atoms with Crippen molar-refractivity contribution in [3.8, 4) is 0 Å². The summed E-state index contributed by atoms with van der Waals surface area (Å²) in [6.07, 6.45) is 2.15. The van der Waals surface area contributed by atoms with Crippen molar-refractivity contribution in [2.45, 2.75) is 51.7 Å². The average molecular weight is 252 g/mol. The van der Waals surface area contributed by atoms with E-state index in [4.69, 9.17) is 5.73 Å². The number of hydrogen-bond donors (Lipinski definition) is 1. The van der Waals surface area contributed by atoms with Gasteiger partial charge in [-0.3, -0.25) is 4.90 Å². The molecule has 0 fully saturated rings. The SMILES string of the molecule is CCC(CC)N(C)C(c1cccc(F)c1)C(C)N. The molecule has 0 amide bonds. The second-order valence-electron chi connectivity index (χ2n) is 4.99. The van der Waals surface area contributed by atoms with Crippen LogP contribution in [0.3, 0.4) is 0 Å². The van der Waals surface area contributed by atoms with Gasteiger partial charge < -0.3 is 5.73 Å². The third kappa shape index (κ3) is 3.53. The third-order valence-corrected chi connectivity index (χ3v) is 3.65. The summed E-state index contributed by atoms with van der Waals surface area (Å²) < 4.78 is 13.4. The molecule has 1 aromatic carbocycles. The number of likely N-dealkylation sites (N-methyl/N-ethyl adjacent to an activating group) is 1. The second kappa shape index (κ2) is 6.86. The van der Waals surface area contributed by atoms with E-state index in [2.05, 4.69) is 25.8 Å². The maximum absolute atomic E-state index is 13.4. The Kier molecular flexibility index (Phi) is 5.76. The molecular weight excluding hydrogens is 227 g/mol. The molecule has 0 aliphatic heterocycles. The first-order valence-corrected chi connectivity index (χ1v) is 6.74. The van der Waals surface area contributed by atoms with E-state index in [0.717, 1.165) is 18.4 Å². The van der Waals surface area contributed by atoms with Gasteiger partial charge in [0.25, 0.3) is 0 Å². The summed E-state index contributed by atoms with van der Waals surface area (Å²) in [6, 6.07) is 7.27. The van der Waals surface area contributed by atoms with Crippen LogP contribution in [-0.4, -0.2) is 24.0 Å². The third-order valence-electron chi connectivity index (χ3n) is 3.65. The van der Waals surface area contributed by atoms with Crippen LogP contribution in [0.2, 0.25) is 0 Å². The summed E-state index contributed by atoms with van der Waals surface area (Å²) in [5, 5.41) is 0. The summed E-state index contributed by atoms with van der Waals surface area (Å²) in [6.45, 7) is 6.33. The molecule has 1 aromatic rings. The van der Waals surface area contributed by atoms with Crippen molar-refractivity contribution in [2.75, 3.05) is 7.05 Å². The van der Waals surface area contributed by atoms with Gasteiger partial charge in [0, 0.05) is 18.1 Å². The molecule has 2 atom stereocenters. The van der Waals surface area contributed by atoms with Gasteiger partial charge >= 0.3 is 0 Å². The Bertz CT molecular complexity index is 361. The molecule has 0 saturated heterocycles. The van der Waals surface area contributed by atoms with Crippen LogP contribution in [0.15, 0.2) is 24.3 Å². The molecule has 2 nitrogen and oxygen atoms in total. The van der Waals surface area contributed by atoms with Gasteiger partial charge in [0.05, 0.1) is 0 Å². The molecule has 18 heavy (non-hydrogen) atoms. The van der Waals surface area contributed by atoms with Gasteiger partial charge in [-0.2, -0.15) is 0 Å². The van der Waals surface area contributed by atoms with Crippen molar-refractivity contribution in [2.24, 2.45) is 5.73 Å². The Balaban J connectivity index is 3.02. The highest BCUT2D eigenvalue weighted by Gasteiger charge is 2.25. The number of halogens is 1. The van der Waals surface area contributed by atoms with E-state index in [0.29, 0.717) is 6.04 Å². The zero-order valence-corrected chi connectivity index (χ0v) is 11.9. The van der Waals surface area contributed by atoms with Crippen LogP contribution in [-0.2, 0) is 0 Å². The largest absolute Gasteiger partial charge is 0.326 e. The van der Waals surface area contributed by atoms with E-state index >= 15 is 0 Å². The van der Waals surface area contributed by atoms with Crippen LogP contribution >= 0.6 is 0 Å². The zero-order valence-electron chi connectivity index (χ0n) is 11.9. The van der Waals surface area contributed by atoms with Crippen LogP contribution in [0.1, 0.15) is 45.2 Å². The maximum Gasteiger partial charge on any atom is 0.123 e. The molecule has 3 heteroatoms. The fourth-order valence-corrected chi connectivity index (χ4v) is 2.69. The van der Waals surface area contributed by atoms with Gasteiger partial charge in [0.15, 0.2) is 0 Å². The number of rotatable bonds is 6. The first-order chi connectivity index (χ1) is 8.51. The van der Waals surface area contributed by atoms with Gasteiger partial charge in [0.2, 0.25) is 0 Å². The van der Waals surface area contributed by atoms with E-state index in [1.54, 1.807) is 12.1 Å². The van der Waals surface area contributed by atoms with Gasteiger partial charge in [-0.1, -0.05) is 26.0 Å². The lowest BCUT2D eigenvalue weighted by Gasteiger charge is -2.37. The number of nitrogens with two attached hydrogens (primary N) is 1. The molecular formula is C15H25FN2. The summed E-state index contributed by atoms with van der Waals surface area (Å²) >= 11 is 0. The molecule has 102 valence electrons. The monoisotopic (exact) mass is 252 g/mol. The lowest BCUT2D eigenvalue weighted by atomic mass is 9.96. The molecule has 0 bridgehead atoms. The predicted molar refractivity (Wildman–Crippen MR) is 74.9 cm³/mol. The molecule has 2 N–H and O–H groups in total. The van der Waals surface area contributed by atoms with Gasteiger partial charge in [-0.25, -0.2) is 4.39 Å². The van der Waals surface area contributed by atoms with Crippen LogP contribution in [0, 0.1) is 5.82 Å². The van der Waals surface area contributed by atoms with Crippen molar-refractivity contribution < 1.29 is 4.39 Å². The predicted octanol–water partition coefficient (Wildman–Crippen LogP) is 3.33. The summed E-state index contributed by atoms with van der Waals surface area (Å²) in [4.78, 5) is 2.28. The highest BCUT2D eigenvalue weighted by atomic mass is 19.1.